The van der Waals surface area contributed by atoms with Gasteiger partial charge >= 0.3 is 0 Å². The van der Waals surface area contributed by atoms with Crippen molar-refractivity contribution in [1.29, 1.82) is 0 Å². The summed E-state index contributed by atoms with van der Waals surface area (Å²) in [5.74, 6) is 0.989. The van der Waals surface area contributed by atoms with Crippen molar-refractivity contribution < 1.29 is 5.11 Å². The summed E-state index contributed by atoms with van der Waals surface area (Å²) in [5.41, 5.74) is 0.880. The number of aliphatic hydroxyl groups excluding tert-OH is 1. The van der Waals surface area contributed by atoms with Crippen LogP contribution in [-0.2, 0) is 7.05 Å². The van der Waals surface area contributed by atoms with E-state index in [2.05, 4.69) is 24.9 Å². The van der Waals surface area contributed by atoms with Crippen LogP contribution in [0.15, 0.2) is 12.5 Å². The molecule has 0 spiro atoms. The van der Waals surface area contributed by atoms with Crippen LogP contribution < -0.4 is 4.90 Å². The van der Waals surface area contributed by atoms with Gasteiger partial charge in [0.15, 0.2) is 5.65 Å². The van der Waals surface area contributed by atoms with Crippen LogP contribution in [0.2, 0.25) is 0 Å². The zero-order chi connectivity index (χ0) is 14.7. The smallest absolute Gasteiger partial charge is 0.163 e. The summed E-state index contributed by atoms with van der Waals surface area (Å²) >= 11 is 0. The van der Waals surface area contributed by atoms with Crippen molar-refractivity contribution in [2.24, 2.45) is 7.05 Å². The summed E-state index contributed by atoms with van der Waals surface area (Å²) in [5, 5.41) is 14.1. The molecule has 0 aliphatic carbocycles. The van der Waals surface area contributed by atoms with Crippen molar-refractivity contribution in [3.05, 3.63) is 12.5 Å². The van der Waals surface area contributed by atoms with Crippen LogP contribution in [-0.4, -0.2) is 69.1 Å². The van der Waals surface area contributed by atoms with Crippen LogP contribution in [0.3, 0.4) is 0 Å². The van der Waals surface area contributed by atoms with Gasteiger partial charge in [0, 0.05) is 39.8 Å². The van der Waals surface area contributed by atoms with E-state index in [1.165, 1.54) is 0 Å². The number of fused-ring (bicyclic) bond motifs is 1. The summed E-state index contributed by atoms with van der Waals surface area (Å²) in [6.45, 7) is 5.38. The van der Waals surface area contributed by atoms with E-state index in [-0.39, 0.29) is 0 Å². The lowest BCUT2D eigenvalue weighted by Crippen LogP contribution is -2.47. The maximum absolute atomic E-state index is 8.84. The van der Waals surface area contributed by atoms with E-state index in [1.54, 1.807) is 11.0 Å². The minimum absolute atomic E-state index is 0.292. The third kappa shape index (κ3) is 2.98. The molecular formula is C14H22N6O. The maximum Gasteiger partial charge on any atom is 0.163 e. The van der Waals surface area contributed by atoms with Gasteiger partial charge in [-0.3, -0.25) is 9.58 Å². The van der Waals surface area contributed by atoms with Crippen LogP contribution >= 0.6 is 0 Å². The fourth-order valence-electron chi connectivity index (χ4n) is 2.83. The van der Waals surface area contributed by atoms with E-state index in [0.29, 0.717) is 6.61 Å². The molecule has 114 valence electrons. The molecule has 7 nitrogen and oxygen atoms in total. The number of rotatable bonds is 5. The molecule has 1 aliphatic heterocycles. The Hall–Kier alpha value is -1.73. The molecular weight excluding hydrogens is 268 g/mol. The Balaban J connectivity index is 1.66. The number of hydrogen-bond acceptors (Lipinski definition) is 6. The Bertz CT molecular complexity index is 590. The molecule has 0 unspecified atom stereocenters. The van der Waals surface area contributed by atoms with Gasteiger partial charge < -0.3 is 10.0 Å². The first-order chi connectivity index (χ1) is 10.3. The van der Waals surface area contributed by atoms with Crippen LogP contribution in [0.4, 0.5) is 5.82 Å². The van der Waals surface area contributed by atoms with Crippen molar-refractivity contribution in [2.45, 2.75) is 12.8 Å². The van der Waals surface area contributed by atoms with E-state index in [1.807, 2.05) is 13.2 Å². The van der Waals surface area contributed by atoms with Gasteiger partial charge in [-0.15, -0.1) is 0 Å². The predicted molar refractivity (Wildman–Crippen MR) is 81.3 cm³/mol. The van der Waals surface area contributed by atoms with Crippen molar-refractivity contribution >= 4 is 16.9 Å². The summed E-state index contributed by atoms with van der Waals surface area (Å²) in [6.07, 6.45) is 5.42. The Morgan fingerprint density at radius 2 is 1.95 bits per heavy atom. The van der Waals surface area contributed by atoms with Crippen molar-refractivity contribution in [3.8, 4) is 0 Å². The first kappa shape index (κ1) is 14.2. The van der Waals surface area contributed by atoms with E-state index < -0.39 is 0 Å². The molecule has 21 heavy (non-hydrogen) atoms. The minimum Gasteiger partial charge on any atom is -0.396 e. The lowest BCUT2D eigenvalue weighted by atomic mass is 10.2. The van der Waals surface area contributed by atoms with Gasteiger partial charge in [0.2, 0.25) is 0 Å². The van der Waals surface area contributed by atoms with Crippen LogP contribution in [0.25, 0.3) is 11.0 Å². The molecule has 7 heteroatoms. The molecule has 1 N–H and O–H groups in total. The SMILES string of the molecule is Cn1ncc2c(N3CCN(CCCCO)CC3)ncnc21. The number of nitrogens with zero attached hydrogens (tertiary/aromatic N) is 6. The Morgan fingerprint density at radius 3 is 2.71 bits per heavy atom. The largest absolute Gasteiger partial charge is 0.396 e. The van der Waals surface area contributed by atoms with Crippen molar-refractivity contribution in [3.63, 3.8) is 0 Å². The second-order valence-corrected chi connectivity index (χ2v) is 5.46. The number of aryl methyl sites for hydroxylation is 1. The van der Waals surface area contributed by atoms with Gasteiger partial charge in [-0.1, -0.05) is 0 Å². The second kappa shape index (κ2) is 6.36. The lowest BCUT2D eigenvalue weighted by Gasteiger charge is -2.35. The Morgan fingerprint density at radius 1 is 1.14 bits per heavy atom. The van der Waals surface area contributed by atoms with Gasteiger partial charge in [0.1, 0.15) is 12.1 Å². The molecule has 0 aromatic carbocycles. The van der Waals surface area contributed by atoms with Crippen molar-refractivity contribution in [2.75, 3.05) is 44.2 Å². The topological polar surface area (TPSA) is 70.3 Å². The minimum atomic E-state index is 0.292. The molecule has 0 bridgehead atoms. The molecule has 0 atom stereocenters. The van der Waals surface area contributed by atoms with Gasteiger partial charge in [-0.25, -0.2) is 9.97 Å². The number of aliphatic hydroxyl groups is 1. The summed E-state index contributed by atoms with van der Waals surface area (Å²) in [7, 11) is 1.90. The standard InChI is InChI=1S/C14H22N6O/c1-18-13-12(10-17-18)14(16-11-15-13)20-7-5-19(6-8-20)4-2-3-9-21/h10-11,21H,2-9H2,1H3. The molecule has 0 amide bonds. The average Bonchev–Trinajstić information content (AvgIpc) is 2.90. The summed E-state index contributed by atoms with van der Waals surface area (Å²) in [6, 6.07) is 0. The van der Waals surface area contributed by atoms with Gasteiger partial charge in [0.05, 0.1) is 11.6 Å². The van der Waals surface area contributed by atoms with Crippen LogP contribution in [0, 0.1) is 0 Å². The zero-order valence-corrected chi connectivity index (χ0v) is 12.4. The molecule has 2 aromatic rings. The lowest BCUT2D eigenvalue weighted by molar-refractivity contribution is 0.232. The Kier molecular flexibility index (Phi) is 4.31. The predicted octanol–water partition coefficient (Wildman–Crippen LogP) is 0.258. The normalized spacial score (nSPS) is 16.8. The van der Waals surface area contributed by atoms with Gasteiger partial charge in [-0.2, -0.15) is 5.10 Å². The van der Waals surface area contributed by atoms with Crippen molar-refractivity contribution in [1.82, 2.24) is 24.6 Å². The zero-order valence-electron chi connectivity index (χ0n) is 12.4. The second-order valence-electron chi connectivity index (χ2n) is 5.46. The van der Waals surface area contributed by atoms with Crippen LogP contribution in [0.5, 0.6) is 0 Å². The summed E-state index contributed by atoms with van der Waals surface area (Å²) in [4.78, 5) is 13.5. The highest BCUT2D eigenvalue weighted by Crippen LogP contribution is 2.23. The summed E-state index contributed by atoms with van der Waals surface area (Å²) < 4.78 is 1.78. The fraction of sp³-hybridized carbons (Fsp3) is 0.643. The van der Waals surface area contributed by atoms with E-state index >= 15 is 0 Å². The number of unbranched alkanes of at least 4 members (excludes halogenated alkanes) is 1. The quantitative estimate of drug-likeness (QED) is 0.797. The average molecular weight is 290 g/mol. The van der Waals surface area contributed by atoms with Gasteiger partial charge in [0.25, 0.3) is 0 Å². The highest BCUT2D eigenvalue weighted by Gasteiger charge is 2.20. The third-order valence-corrected chi connectivity index (χ3v) is 4.06. The van der Waals surface area contributed by atoms with E-state index in [4.69, 9.17) is 5.11 Å². The highest BCUT2D eigenvalue weighted by molar-refractivity contribution is 5.86. The first-order valence-electron chi connectivity index (χ1n) is 7.50. The molecule has 3 rings (SSSR count). The fourth-order valence-corrected chi connectivity index (χ4v) is 2.83. The number of piperazine rings is 1. The molecule has 1 saturated heterocycles. The first-order valence-corrected chi connectivity index (χ1v) is 7.50. The molecule has 1 fully saturated rings. The molecule has 0 saturated carbocycles. The Labute approximate surface area is 124 Å². The monoisotopic (exact) mass is 290 g/mol. The number of aromatic nitrogens is 4. The number of anilines is 1. The molecule has 3 heterocycles. The van der Waals surface area contributed by atoms with E-state index in [9.17, 15) is 0 Å². The molecule has 2 aromatic heterocycles. The third-order valence-electron chi connectivity index (χ3n) is 4.06. The highest BCUT2D eigenvalue weighted by atomic mass is 16.2. The van der Waals surface area contributed by atoms with Crippen LogP contribution in [0.1, 0.15) is 12.8 Å². The van der Waals surface area contributed by atoms with E-state index in [0.717, 1.165) is 62.4 Å². The molecule has 1 aliphatic rings. The van der Waals surface area contributed by atoms with Gasteiger partial charge in [-0.05, 0) is 19.4 Å². The maximum atomic E-state index is 8.84. The molecule has 0 radical (unpaired) electrons. The number of hydrogen-bond donors (Lipinski definition) is 1.